The highest BCUT2D eigenvalue weighted by molar-refractivity contribution is 7.89. The van der Waals surface area contributed by atoms with Crippen molar-refractivity contribution < 1.29 is 13.2 Å². The molecular weight excluding hydrogens is 334 g/mol. The lowest BCUT2D eigenvalue weighted by atomic mass is 9.88. The molecule has 1 heterocycles. The van der Waals surface area contributed by atoms with Crippen LogP contribution in [0.15, 0.2) is 23.1 Å². The molecule has 1 aromatic carbocycles. The smallest absolute Gasteiger partial charge is 0.242 e. The van der Waals surface area contributed by atoms with Gasteiger partial charge in [-0.1, -0.05) is 25.8 Å². The summed E-state index contributed by atoms with van der Waals surface area (Å²) in [5.74, 6) is 0.551. The minimum absolute atomic E-state index is 0.176. The Morgan fingerprint density at radius 2 is 2.13 bits per heavy atom. The predicted molar refractivity (Wildman–Crippen MR) is 90.0 cm³/mol. The molecule has 0 saturated heterocycles. The van der Waals surface area contributed by atoms with Gasteiger partial charge in [0.2, 0.25) is 10.0 Å². The van der Waals surface area contributed by atoms with Crippen LogP contribution >= 0.6 is 11.7 Å². The number of nitrogens with zero attached hydrogens (tertiary/aromatic N) is 2. The molecule has 1 aliphatic carbocycles. The molecule has 0 spiro atoms. The van der Waals surface area contributed by atoms with Crippen molar-refractivity contribution in [1.29, 1.82) is 0 Å². The minimum Gasteiger partial charge on any atom is -0.377 e. The van der Waals surface area contributed by atoms with Crippen LogP contribution in [0.1, 0.15) is 32.6 Å². The molecule has 1 saturated carbocycles. The molecule has 1 fully saturated rings. The van der Waals surface area contributed by atoms with Crippen molar-refractivity contribution in [3.05, 3.63) is 18.2 Å². The van der Waals surface area contributed by atoms with Gasteiger partial charge in [0, 0.05) is 6.54 Å². The van der Waals surface area contributed by atoms with Gasteiger partial charge in [-0.15, -0.1) is 0 Å². The molecule has 6 nitrogen and oxygen atoms in total. The van der Waals surface area contributed by atoms with Crippen molar-refractivity contribution in [2.75, 3.05) is 13.2 Å². The van der Waals surface area contributed by atoms with Gasteiger partial charge >= 0.3 is 0 Å². The van der Waals surface area contributed by atoms with Crippen LogP contribution in [-0.2, 0) is 14.8 Å². The van der Waals surface area contributed by atoms with Crippen molar-refractivity contribution >= 4 is 32.8 Å². The lowest BCUT2D eigenvalue weighted by Gasteiger charge is -2.28. The Labute approximate surface area is 140 Å². The number of rotatable bonds is 6. The van der Waals surface area contributed by atoms with E-state index in [1.54, 1.807) is 18.2 Å². The summed E-state index contributed by atoms with van der Waals surface area (Å²) in [6.07, 6.45) is 4.96. The topological polar surface area (TPSA) is 81.2 Å². The number of fused-ring (bicyclic) bond motifs is 1. The zero-order chi connectivity index (χ0) is 16.3. The normalized spacial score (nSPS) is 22.5. The van der Waals surface area contributed by atoms with Crippen LogP contribution in [0.25, 0.3) is 11.0 Å². The maximum atomic E-state index is 12.4. The lowest BCUT2D eigenvalue weighted by Crippen LogP contribution is -2.32. The van der Waals surface area contributed by atoms with Crippen molar-refractivity contribution in [1.82, 2.24) is 13.5 Å². The summed E-state index contributed by atoms with van der Waals surface area (Å²) in [6, 6.07) is 4.99. The monoisotopic (exact) mass is 355 g/mol. The van der Waals surface area contributed by atoms with Crippen LogP contribution in [0.5, 0.6) is 0 Å². The summed E-state index contributed by atoms with van der Waals surface area (Å²) in [7, 11) is -3.60. The largest absolute Gasteiger partial charge is 0.377 e. The van der Waals surface area contributed by atoms with Gasteiger partial charge < -0.3 is 4.74 Å². The molecule has 0 bridgehead atoms. The molecule has 0 radical (unpaired) electrons. The average molecular weight is 355 g/mol. The summed E-state index contributed by atoms with van der Waals surface area (Å²) in [5.41, 5.74) is 1.02. The molecule has 2 aromatic rings. The van der Waals surface area contributed by atoms with Crippen LogP contribution in [0.3, 0.4) is 0 Å². The Balaban J connectivity index is 1.58. The number of ether oxygens (including phenoxy) is 1. The third-order valence-electron chi connectivity index (χ3n) is 4.30. The van der Waals surface area contributed by atoms with Gasteiger partial charge in [-0.2, -0.15) is 8.75 Å². The van der Waals surface area contributed by atoms with E-state index in [9.17, 15) is 8.42 Å². The zero-order valence-electron chi connectivity index (χ0n) is 13.1. The second kappa shape index (κ2) is 7.21. The molecule has 1 aliphatic rings. The van der Waals surface area contributed by atoms with Crippen LogP contribution < -0.4 is 4.72 Å². The average Bonchev–Trinajstić information content (AvgIpc) is 3.01. The molecule has 2 unspecified atom stereocenters. The summed E-state index contributed by atoms with van der Waals surface area (Å²) in [5, 5.41) is 0. The highest BCUT2D eigenvalue weighted by Crippen LogP contribution is 2.26. The van der Waals surface area contributed by atoms with E-state index in [1.165, 1.54) is 19.3 Å². The second-order valence-electron chi connectivity index (χ2n) is 5.96. The first-order valence-corrected chi connectivity index (χ1v) is 10.1. The van der Waals surface area contributed by atoms with Gasteiger partial charge in [-0.25, -0.2) is 13.1 Å². The Kier molecular flexibility index (Phi) is 5.25. The van der Waals surface area contributed by atoms with E-state index >= 15 is 0 Å². The quantitative estimate of drug-likeness (QED) is 0.806. The first-order chi connectivity index (χ1) is 11.1. The molecular formula is C15H21N3O3S2. The van der Waals surface area contributed by atoms with Gasteiger partial charge in [0.15, 0.2) is 0 Å². The van der Waals surface area contributed by atoms with E-state index in [0.717, 1.165) is 18.1 Å². The number of nitrogens with one attached hydrogen (secondary N) is 1. The summed E-state index contributed by atoms with van der Waals surface area (Å²) < 4.78 is 41.5. The van der Waals surface area contributed by atoms with Gasteiger partial charge in [0.1, 0.15) is 15.9 Å². The third kappa shape index (κ3) is 3.88. The molecule has 1 aromatic heterocycles. The van der Waals surface area contributed by atoms with E-state index in [1.807, 2.05) is 0 Å². The number of aromatic nitrogens is 2. The minimum atomic E-state index is -3.60. The maximum Gasteiger partial charge on any atom is 0.242 e. The Hall–Kier alpha value is -1.09. The number of hydrogen-bond acceptors (Lipinski definition) is 6. The summed E-state index contributed by atoms with van der Waals surface area (Å²) >= 11 is 1.01. The predicted octanol–water partition coefficient (Wildman–Crippen LogP) is 2.56. The fourth-order valence-electron chi connectivity index (χ4n) is 2.99. The molecule has 0 aliphatic heterocycles. The van der Waals surface area contributed by atoms with Gasteiger partial charge in [-0.05, 0) is 30.9 Å². The van der Waals surface area contributed by atoms with Crippen LogP contribution in [0.4, 0.5) is 0 Å². The Morgan fingerprint density at radius 3 is 2.96 bits per heavy atom. The SMILES string of the molecule is CC1CCCCC1OCCNS(=O)(=O)c1cccc2nsnc12. The number of hydrogen-bond donors (Lipinski definition) is 1. The van der Waals surface area contributed by atoms with Crippen LogP contribution in [0, 0.1) is 5.92 Å². The number of sulfonamides is 1. The van der Waals surface area contributed by atoms with Gasteiger partial charge in [-0.3, -0.25) is 0 Å². The Morgan fingerprint density at radius 1 is 1.30 bits per heavy atom. The zero-order valence-corrected chi connectivity index (χ0v) is 14.7. The van der Waals surface area contributed by atoms with Crippen molar-refractivity contribution in [2.45, 2.75) is 43.6 Å². The number of benzene rings is 1. The summed E-state index contributed by atoms with van der Waals surface area (Å²) in [4.78, 5) is 0.176. The van der Waals surface area contributed by atoms with Crippen molar-refractivity contribution in [3.8, 4) is 0 Å². The standard InChI is InChI=1S/C15H21N3O3S2/c1-11-5-2-3-7-13(11)21-10-9-16-23(19,20)14-8-4-6-12-15(14)18-22-17-12/h4,6,8,11,13,16H,2-3,5,7,9-10H2,1H3. The first kappa shape index (κ1) is 16.8. The summed E-state index contributed by atoms with van der Waals surface area (Å²) in [6.45, 7) is 2.85. The molecule has 23 heavy (non-hydrogen) atoms. The lowest BCUT2D eigenvalue weighted by molar-refractivity contribution is -0.00176. The molecule has 3 rings (SSSR count). The maximum absolute atomic E-state index is 12.4. The molecule has 8 heteroatoms. The molecule has 2 atom stereocenters. The van der Waals surface area contributed by atoms with Crippen LogP contribution in [-0.4, -0.2) is 36.4 Å². The van der Waals surface area contributed by atoms with E-state index in [-0.39, 0.29) is 17.5 Å². The first-order valence-electron chi connectivity index (χ1n) is 7.90. The highest BCUT2D eigenvalue weighted by atomic mass is 32.2. The molecule has 126 valence electrons. The fourth-order valence-corrected chi connectivity index (χ4v) is 4.77. The van der Waals surface area contributed by atoms with Crippen LogP contribution in [0.2, 0.25) is 0 Å². The van der Waals surface area contributed by atoms with Crippen molar-refractivity contribution in [2.24, 2.45) is 5.92 Å². The molecule has 0 amide bonds. The third-order valence-corrected chi connectivity index (χ3v) is 6.33. The van der Waals surface area contributed by atoms with Crippen molar-refractivity contribution in [3.63, 3.8) is 0 Å². The van der Waals surface area contributed by atoms with E-state index in [0.29, 0.717) is 23.6 Å². The fraction of sp³-hybridized carbons (Fsp3) is 0.600. The Bertz CT molecular complexity index is 760. The van der Waals surface area contributed by atoms with Gasteiger partial charge in [0.25, 0.3) is 0 Å². The van der Waals surface area contributed by atoms with E-state index < -0.39 is 10.0 Å². The second-order valence-corrected chi connectivity index (χ2v) is 8.22. The van der Waals surface area contributed by atoms with E-state index in [2.05, 4.69) is 20.4 Å². The van der Waals surface area contributed by atoms with Gasteiger partial charge in [0.05, 0.1) is 24.4 Å². The highest BCUT2D eigenvalue weighted by Gasteiger charge is 2.22. The molecule has 1 N–H and O–H groups in total. The van der Waals surface area contributed by atoms with E-state index in [4.69, 9.17) is 4.74 Å².